The van der Waals surface area contributed by atoms with Crippen molar-refractivity contribution in [1.29, 1.82) is 0 Å². The molecule has 12 heteroatoms. The van der Waals surface area contributed by atoms with E-state index in [2.05, 4.69) is 9.97 Å². The SMILES string of the molecule is Bc1cnc(N(Cc2cc(C(F)(F)F)cc(C(F)(F)F)c2)[C@H]2C[C@@H](CC)N(C(=O)CC(C)(C)C)[C@@H](Cc3ccccc3)C2)nc1. The molecule has 0 N–H and O–H groups in total. The Hall–Kier alpha value is -3.57. The van der Waals surface area contributed by atoms with Crippen LogP contribution < -0.4 is 10.4 Å². The van der Waals surface area contributed by atoms with Gasteiger partial charge in [-0.2, -0.15) is 26.3 Å². The lowest BCUT2D eigenvalue weighted by atomic mass is 9.83. The molecule has 0 aliphatic carbocycles. The lowest BCUT2D eigenvalue weighted by molar-refractivity contribution is -0.143. The molecule has 1 saturated heterocycles. The third-order valence-corrected chi connectivity index (χ3v) is 8.10. The Bertz CT molecular complexity index is 1410. The molecule has 1 aromatic heterocycles. The van der Waals surface area contributed by atoms with E-state index >= 15 is 0 Å². The summed E-state index contributed by atoms with van der Waals surface area (Å²) in [6.07, 6.45) is -4.37. The number of carbonyl (C=O) groups excluding carboxylic acids is 1. The number of hydrogen-bond acceptors (Lipinski definition) is 4. The standard InChI is InChI=1S/C33H39BF6N4O/c1-5-26-15-27(16-28(13-21-9-7-6-8-10-21)44(26)29(45)17-31(2,3)4)43(30-41-18-25(34)19-42-30)20-22-11-23(32(35,36)37)14-24(12-22)33(38,39)40/h6-12,14,18-19,26-28H,5,13,15-17,20,34H2,1-4H3/t26-,27+,28+/m1/s1. The van der Waals surface area contributed by atoms with E-state index in [0.717, 1.165) is 23.2 Å². The lowest BCUT2D eigenvalue weighted by Crippen LogP contribution is -2.58. The zero-order valence-corrected chi connectivity index (χ0v) is 26.2. The van der Waals surface area contributed by atoms with Crippen LogP contribution in [0.1, 0.15) is 75.6 Å². The third kappa shape index (κ3) is 9.01. The van der Waals surface area contributed by atoms with Crippen LogP contribution in [0.3, 0.4) is 0 Å². The van der Waals surface area contributed by atoms with Gasteiger partial charge in [-0.1, -0.05) is 63.5 Å². The maximum Gasteiger partial charge on any atom is 0.416 e. The van der Waals surface area contributed by atoms with Crippen LogP contribution in [0.25, 0.3) is 0 Å². The Morgan fingerprint density at radius 2 is 1.44 bits per heavy atom. The summed E-state index contributed by atoms with van der Waals surface area (Å²) < 4.78 is 82.5. The number of alkyl halides is 6. The maximum absolute atomic E-state index is 13.8. The van der Waals surface area contributed by atoms with E-state index in [4.69, 9.17) is 0 Å². The zero-order chi connectivity index (χ0) is 33.2. The molecule has 45 heavy (non-hydrogen) atoms. The molecule has 0 bridgehead atoms. The second-order valence-corrected chi connectivity index (χ2v) is 13.2. The second kappa shape index (κ2) is 13.4. The lowest BCUT2D eigenvalue weighted by Gasteiger charge is -2.49. The Morgan fingerprint density at radius 3 is 1.96 bits per heavy atom. The monoisotopic (exact) mass is 632 g/mol. The van der Waals surface area contributed by atoms with Crippen molar-refractivity contribution in [3.05, 3.63) is 83.2 Å². The number of amides is 1. The van der Waals surface area contributed by atoms with Crippen molar-refractivity contribution in [3.8, 4) is 0 Å². The van der Waals surface area contributed by atoms with Gasteiger partial charge in [0.05, 0.1) is 11.1 Å². The summed E-state index contributed by atoms with van der Waals surface area (Å²) in [4.78, 5) is 26.4. The first-order valence-electron chi connectivity index (χ1n) is 15.1. The van der Waals surface area contributed by atoms with Gasteiger partial charge in [-0.15, -0.1) is 0 Å². The average Bonchev–Trinajstić information content (AvgIpc) is 2.94. The molecule has 0 unspecified atom stereocenters. The van der Waals surface area contributed by atoms with Gasteiger partial charge in [0.2, 0.25) is 11.9 Å². The molecule has 3 aromatic rings. The quantitative estimate of drug-likeness (QED) is 0.208. The Morgan fingerprint density at radius 1 is 0.889 bits per heavy atom. The number of likely N-dealkylation sites (tertiary alicyclic amines) is 1. The second-order valence-electron chi connectivity index (χ2n) is 13.2. The van der Waals surface area contributed by atoms with E-state index in [-0.39, 0.29) is 53.6 Å². The summed E-state index contributed by atoms with van der Waals surface area (Å²) in [7, 11) is 1.79. The molecular weight excluding hydrogens is 593 g/mol. The van der Waals surface area contributed by atoms with Gasteiger partial charge in [-0.05, 0) is 60.4 Å². The van der Waals surface area contributed by atoms with Gasteiger partial charge in [0.1, 0.15) is 7.85 Å². The molecule has 5 nitrogen and oxygen atoms in total. The number of nitrogens with zero attached hydrogens (tertiary/aromatic N) is 4. The van der Waals surface area contributed by atoms with Gasteiger partial charge in [-0.25, -0.2) is 9.97 Å². The van der Waals surface area contributed by atoms with Crippen LogP contribution in [0, 0.1) is 5.41 Å². The first kappa shape index (κ1) is 34.3. The Balaban J connectivity index is 1.79. The third-order valence-electron chi connectivity index (χ3n) is 8.10. The van der Waals surface area contributed by atoms with E-state index in [0.29, 0.717) is 32.1 Å². The smallest absolute Gasteiger partial charge is 0.336 e. The minimum atomic E-state index is -4.96. The normalized spacial score (nSPS) is 19.4. The van der Waals surface area contributed by atoms with E-state index < -0.39 is 23.5 Å². The molecule has 1 fully saturated rings. The van der Waals surface area contributed by atoms with Crippen molar-refractivity contribution in [2.45, 2.75) is 96.8 Å². The van der Waals surface area contributed by atoms with Crippen molar-refractivity contribution < 1.29 is 31.1 Å². The van der Waals surface area contributed by atoms with Gasteiger partial charge in [-0.3, -0.25) is 4.79 Å². The number of rotatable bonds is 8. The molecule has 2 aromatic carbocycles. The molecule has 3 atom stereocenters. The fourth-order valence-corrected chi connectivity index (χ4v) is 6.09. The van der Waals surface area contributed by atoms with Crippen molar-refractivity contribution in [2.24, 2.45) is 5.41 Å². The summed E-state index contributed by atoms with van der Waals surface area (Å²) in [6, 6.07) is 10.6. The predicted molar refractivity (Wildman–Crippen MR) is 165 cm³/mol. The number of aromatic nitrogens is 2. The number of carbonyl (C=O) groups is 1. The molecular formula is C33H39BF6N4O. The molecule has 2 heterocycles. The largest absolute Gasteiger partial charge is 0.416 e. The molecule has 0 radical (unpaired) electrons. The highest BCUT2D eigenvalue weighted by atomic mass is 19.4. The first-order valence-corrected chi connectivity index (χ1v) is 15.1. The van der Waals surface area contributed by atoms with Gasteiger partial charge >= 0.3 is 12.4 Å². The van der Waals surface area contributed by atoms with Crippen LogP contribution >= 0.6 is 0 Å². The summed E-state index contributed by atoms with van der Waals surface area (Å²) in [5, 5.41) is 0. The zero-order valence-electron chi connectivity index (χ0n) is 26.2. The Kier molecular flexibility index (Phi) is 10.2. The number of benzene rings is 2. The fourth-order valence-electron chi connectivity index (χ4n) is 6.09. The molecule has 0 spiro atoms. The highest BCUT2D eigenvalue weighted by Gasteiger charge is 2.42. The van der Waals surface area contributed by atoms with Crippen molar-refractivity contribution >= 4 is 25.2 Å². The highest BCUT2D eigenvalue weighted by Crippen LogP contribution is 2.38. The van der Waals surface area contributed by atoms with Gasteiger partial charge in [0.25, 0.3) is 0 Å². The minimum Gasteiger partial charge on any atom is -0.336 e. The van der Waals surface area contributed by atoms with E-state index in [9.17, 15) is 31.1 Å². The van der Waals surface area contributed by atoms with Crippen molar-refractivity contribution in [3.63, 3.8) is 0 Å². The molecule has 1 amide bonds. The first-order chi connectivity index (χ1) is 20.9. The van der Waals surface area contributed by atoms with Crippen LogP contribution in [0.15, 0.2) is 60.9 Å². The topological polar surface area (TPSA) is 49.3 Å². The van der Waals surface area contributed by atoms with Crippen LogP contribution in [0.4, 0.5) is 32.3 Å². The molecule has 4 rings (SSSR count). The van der Waals surface area contributed by atoms with E-state index in [1.54, 1.807) is 25.1 Å². The number of piperidine rings is 1. The van der Waals surface area contributed by atoms with Crippen molar-refractivity contribution in [1.82, 2.24) is 14.9 Å². The summed E-state index contributed by atoms with van der Waals surface area (Å²) in [5.41, 5.74) is -1.35. The van der Waals surface area contributed by atoms with Crippen LogP contribution in [-0.4, -0.2) is 46.7 Å². The van der Waals surface area contributed by atoms with Crippen LogP contribution in [0.2, 0.25) is 0 Å². The van der Waals surface area contributed by atoms with E-state index in [1.807, 2.05) is 62.9 Å². The van der Waals surface area contributed by atoms with Gasteiger partial charge in [0, 0.05) is 43.5 Å². The number of hydrogen-bond donors (Lipinski definition) is 0. The molecule has 242 valence electrons. The van der Waals surface area contributed by atoms with Gasteiger partial charge in [0.15, 0.2) is 0 Å². The van der Waals surface area contributed by atoms with E-state index in [1.165, 1.54) is 0 Å². The average molecular weight is 633 g/mol. The number of anilines is 1. The summed E-state index contributed by atoms with van der Waals surface area (Å²) >= 11 is 0. The molecule has 1 aliphatic rings. The molecule has 1 aliphatic heterocycles. The highest BCUT2D eigenvalue weighted by molar-refractivity contribution is 6.31. The van der Waals surface area contributed by atoms with Gasteiger partial charge < -0.3 is 9.80 Å². The van der Waals surface area contributed by atoms with Crippen LogP contribution in [0.5, 0.6) is 0 Å². The Labute approximate surface area is 261 Å². The summed E-state index contributed by atoms with van der Waals surface area (Å²) in [5.74, 6) is 0.235. The minimum absolute atomic E-state index is 0.0274. The maximum atomic E-state index is 13.8. The number of halogens is 6. The predicted octanol–water partition coefficient (Wildman–Crippen LogP) is 6.60. The fraction of sp³-hybridized carbons (Fsp3) is 0.485. The molecule has 0 saturated carbocycles. The van der Waals surface area contributed by atoms with Crippen molar-refractivity contribution in [2.75, 3.05) is 4.90 Å². The van der Waals surface area contributed by atoms with Crippen LogP contribution in [-0.2, 0) is 30.1 Å². The summed E-state index contributed by atoms with van der Waals surface area (Å²) in [6.45, 7) is 7.73.